The van der Waals surface area contributed by atoms with E-state index in [0.717, 1.165) is 4.90 Å². The predicted molar refractivity (Wildman–Crippen MR) is 61.3 cm³/mol. The lowest BCUT2D eigenvalue weighted by atomic mass is 10.2. The van der Waals surface area contributed by atoms with E-state index in [0.29, 0.717) is 6.42 Å². The zero-order chi connectivity index (χ0) is 13.5. The molecule has 0 aliphatic heterocycles. The second kappa shape index (κ2) is 7.11. The summed E-state index contributed by atoms with van der Waals surface area (Å²) >= 11 is 0. The van der Waals surface area contributed by atoms with E-state index in [-0.39, 0.29) is 18.9 Å². The monoisotopic (exact) mass is 247 g/mol. The Morgan fingerprint density at radius 2 is 1.88 bits per heavy atom. The number of nitrogens with zero attached hydrogens (tertiary/aromatic N) is 1. The van der Waals surface area contributed by atoms with E-state index in [1.165, 1.54) is 7.11 Å². The first kappa shape index (κ1) is 15.7. The molecule has 1 amide bonds. The van der Waals surface area contributed by atoms with Crippen LogP contribution in [0.15, 0.2) is 0 Å². The van der Waals surface area contributed by atoms with Crippen molar-refractivity contribution in [1.29, 1.82) is 0 Å². The van der Waals surface area contributed by atoms with Crippen molar-refractivity contribution in [2.24, 2.45) is 0 Å². The molecule has 0 aliphatic carbocycles. The van der Waals surface area contributed by atoms with Gasteiger partial charge < -0.3 is 14.6 Å². The molecule has 0 aromatic heterocycles. The number of carbonyl (C=O) groups excluding carboxylic acids is 2. The van der Waals surface area contributed by atoms with Gasteiger partial charge in [-0.15, -0.1) is 0 Å². The van der Waals surface area contributed by atoms with Crippen molar-refractivity contribution in [1.82, 2.24) is 4.90 Å². The van der Waals surface area contributed by atoms with Gasteiger partial charge in [0.05, 0.1) is 7.11 Å². The Bertz CT molecular complexity index is 259. The highest BCUT2D eigenvalue weighted by atomic mass is 16.6. The fraction of sp³-hybridized carbons (Fsp3) is 0.818. The van der Waals surface area contributed by atoms with Crippen molar-refractivity contribution in [2.75, 3.05) is 20.4 Å². The summed E-state index contributed by atoms with van der Waals surface area (Å²) in [6.45, 7) is 5.05. The van der Waals surface area contributed by atoms with E-state index in [1.807, 2.05) is 0 Å². The van der Waals surface area contributed by atoms with Gasteiger partial charge in [-0.1, -0.05) is 0 Å². The molecule has 0 saturated heterocycles. The van der Waals surface area contributed by atoms with Crippen LogP contribution in [0.5, 0.6) is 0 Å². The van der Waals surface area contributed by atoms with Crippen LogP contribution in [-0.4, -0.2) is 48.1 Å². The lowest BCUT2D eigenvalue weighted by Gasteiger charge is -2.25. The highest BCUT2D eigenvalue weighted by Crippen LogP contribution is 2.10. The fourth-order valence-electron chi connectivity index (χ4n) is 1.06. The third-order valence-corrected chi connectivity index (χ3v) is 1.86. The molecule has 0 bridgehead atoms. The Balaban J connectivity index is 4.06. The minimum absolute atomic E-state index is 0.204. The molecule has 0 aromatic carbocycles. The maximum atomic E-state index is 11.6. The molecule has 0 atom stereocenters. The van der Waals surface area contributed by atoms with E-state index in [4.69, 9.17) is 9.84 Å². The number of aliphatic hydroxyl groups is 1. The SMILES string of the molecule is COC(=O)CCCN(CO)C(=O)OC(C)(C)C. The third kappa shape index (κ3) is 7.57. The average molecular weight is 247 g/mol. The van der Waals surface area contributed by atoms with Crippen molar-refractivity contribution in [3.63, 3.8) is 0 Å². The summed E-state index contributed by atoms with van der Waals surface area (Å²) in [5, 5.41) is 9.02. The smallest absolute Gasteiger partial charge is 0.412 e. The maximum Gasteiger partial charge on any atom is 0.412 e. The highest BCUT2D eigenvalue weighted by Gasteiger charge is 2.21. The first-order chi connectivity index (χ1) is 7.80. The maximum absolute atomic E-state index is 11.6. The number of amides is 1. The molecule has 0 unspecified atom stereocenters. The first-order valence-electron chi connectivity index (χ1n) is 5.45. The van der Waals surface area contributed by atoms with Crippen LogP contribution in [0.4, 0.5) is 4.79 Å². The standard InChI is InChI=1S/C11H21NO5/c1-11(2,3)17-10(15)12(8-13)7-5-6-9(14)16-4/h13H,5-8H2,1-4H3. The Labute approximate surface area is 101 Å². The largest absolute Gasteiger partial charge is 0.469 e. The Morgan fingerprint density at radius 3 is 2.29 bits per heavy atom. The molecule has 0 aliphatic rings. The molecule has 0 radical (unpaired) electrons. The summed E-state index contributed by atoms with van der Waals surface area (Å²) in [5.74, 6) is -0.341. The van der Waals surface area contributed by atoms with Gasteiger partial charge in [-0.2, -0.15) is 0 Å². The molecule has 0 aromatic rings. The number of esters is 1. The lowest BCUT2D eigenvalue weighted by molar-refractivity contribution is -0.140. The molecular weight excluding hydrogens is 226 g/mol. The quantitative estimate of drug-likeness (QED) is 0.582. The second-order valence-electron chi connectivity index (χ2n) is 4.56. The van der Waals surface area contributed by atoms with E-state index >= 15 is 0 Å². The van der Waals surface area contributed by atoms with Gasteiger partial charge in [0.25, 0.3) is 0 Å². The number of ether oxygens (including phenoxy) is 2. The number of hydrogen-bond acceptors (Lipinski definition) is 5. The van der Waals surface area contributed by atoms with Crippen LogP contribution in [0.1, 0.15) is 33.6 Å². The third-order valence-electron chi connectivity index (χ3n) is 1.86. The number of rotatable bonds is 5. The molecule has 17 heavy (non-hydrogen) atoms. The van der Waals surface area contributed by atoms with Crippen molar-refractivity contribution in [3.05, 3.63) is 0 Å². The minimum atomic E-state index is -0.604. The van der Waals surface area contributed by atoms with Gasteiger partial charge in [-0.05, 0) is 27.2 Å². The second-order valence-corrected chi connectivity index (χ2v) is 4.56. The summed E-state index contributed by atoms with van der Waals surface area (Å²) in [4.78, 5) is 23.6. The van der Waals surface area contributed by atoms with Crippen molar-refractivity contribution >= 4 is 12.1 Å². The van der Waals surface area contributed by atoms with Gasteiger partial charge in [0, 0.05) is 13.0 Å². The number of aliphatic hydroxyl groups excluding tert-OH is 1. The van der Waals surface area contributed by atoms with Gasteiger partial charge in [0.15, 0.2) is 0 Å². The summed E-state index contributed by atoms with van der Waals surface area (Å²) in [6.07, 6.45) is 0.0345. The minimum Gasteiger partial charge on any atom is -0.469 e. The molecule has 0 saturated carbocycles. The average Bonchev–Trinajstić information content (AvgIpc) is 2.21. The summed E-state index contributed by atoms with van der Waals surface area (Å²) in [5.41, 5.74) is -0.604. The van der Waals surface area contributed by atoms with Crippen LogP contribution < -0.4 is 0 Å². The molecule has 100 valence electrons. The zero-order valence-corrected chi connectivity index (χ0v) is 10.9. The van der Waals surface area contributed by atoms with Crippen LogP contribution >= 0.6 is 0 Å². The molecule has 0 rings (SSSR count). The lowest BCUT2D eigenvalue weighted by Crippen LogP contribution is -2.38. The number of methoxy groups -OCH3 is 1. The molecule has 1 N–H and O–H groups in total. The topological polar surface area (TPSA) is 76.1 Å². The van der Waals surface area contributed by atoms with Crippen LogP contribution in [0.25, 0.3) is 0 Å². The summed E-state index contributed by atoms with van der Waals surface area (Å²) in [6, 6.07) is 0. The molecule has 6 heteroatoms. The normalized spacial score (nSPS) is 10.9. The van der Waals surface area contributed by atoms with Gasteiger partial charge in [-0.25, -0.2) is 4.79 Å². The van der Waals surface area contributed by atoms with Crippen LogP contribution in [0.3, 0.4) is 0 Å². The van der Waals surface area contributed by atoms with Crippen LogP contribution in [-0.2, 0) is 14.3 Å². The molecule has 0 heterocycles. The summed E-state index contributed by atoms with van der Waals surface area (Å²) in [7, 11) is 1.31. The first-order valence-corrected chi connectivity index (χ1v) is 5.45. The molecule has 0 spiro atoms. The van der Waals surface area contributed by atoms with E-state index in [9.17, 15) is 9.59 Å². The summed E-state index contributed by atoms with van der Waals surface area (Å²) < 4.78 is 9.56. The predicted octanol–water partition coefficient (Wildman–Crippen LogP) is 1.13. The Morgan fingerprint density at radius 1 is 1.29 bits per heavy atom. The van der Waals surface area contributed by atoms with Gasteiger partial charge in [0.1, 0.15) is 12.3 Å². The van der Waals surface area contributed by atoms with Gasteiger partial charge >= 0.3 is 12.1 Å². The van der Waals surface area contributed by atoms with Crippen LogP contribution in [0.2, 0.25) is 0 Å². The number of hydrogen-bond donors (Lipinski definition) is 1. The molecular formula is C11H21NO5. The Hall–Kier alpha value is -1.30. The molecule has 0 fully saturated rings. The van der Waals surface area contributed by atoms with Gasteiger partial charge in [-0.3, -0.25) is 9.69 Å². The van der Waals surface area contributed by atoms with E-state index < -0.39 is 18.4 Å². The van der Waals surface area contributed by atoms with E-state index in [2.05, 4.69) is 4.74 Å². The Kier molecular flexibility index (Phi) is 6.57. The highest BCUT2D eigenvalue weighted by molar-refractivity contribution is 5.69. The zero-order valence-electron chi connectivity index (χ0n) is 10.9. The van der Waals surface area contributed by atoms with E-state index in [1.54, 1.807) is 20.8 Å². The van der Waals surface area contributed by atoms with Crippen molar-refractivity contribution in [3.8, 4) is 0 Å². The fourth-order valence-corrected chi connectivity index (χ4v) is 1.06. The van der Waals surface area contributed by atoms with Crippen molar-refractivity contribution in [2.45, 2.75) is 39.2 Å². The van der Waals surface area contributed by atoms with Crippen LogP contribution in [0, 0.1) is 0 Å². The number of carbonyl (C=O) groups is 2. The van der Waals surface area contributed by atoms with Gasteiger partial charge in [0.2, 0.25) is 0 Å². The molecule has 6 nitrogen and oxygen atoms in total. The van der Waals surface area contributed by atoms with Crippen molar-refractivity contribution < 1.29 is 24.2 Å².